The van der Waals surface area contributed by atoms with Crippen LogP contribution in [0.25, 0.3) is 0 Å². The fourth-order valence-electron chi connectivity index (χ4n) is 3.07. The van der Waals surface area contributed by atoms with Gasteiger partial charge in [-0.15, -0.1) is 0 Å². The van der Waals surface area contributed by atoms with Crippen molar-refractivity contribution in [2.24, 2.45) is 11.8 Å². The normalized spacial score (nSPS) is 18.9. The molecule has 1 aliphatic rings. The van der Waals surface area contributed by atoms with Gasteiger partial charge in [-0.3, -0.25) is 9.59 Å². The number of methoxy groups -OCH3 is 1. The summed E-state index contributed by atoms with van der Waals surface area (Å²) in [5, 5.41) is 0. The number of amides is 1. The van der Waals surface area contributed by atoms with E-state index in [2.05, 4.69) is 13.8 Å². The zero-order valence-corrected chi connectivity index (χ0v) is 14.1. The quantitative estimate of drug-likeness (QED) is 0.677. The van der Waals surface area contributed by atoms with Crippen molar-refractivity contribution < 1.29 is 14.3 Å². The number of esters is 1. The van der Waals surface area contributed by atoms with Crippen LogP contribution in [0.2, 0.25) is 0 Å². The minimum absolute atomic E-state index is 0.174. The predicted molar refractivity (Wildman–Crippen MR) is 83.8 cm³/mol. The molecular formula is C17H31NO3. The minimum Gasteiger partial charge on any atom is -0.469 e. The predicted octanol–water partition coefficient (Wildman–Crippen LogP) is 3.39. The summed E-state index contributed by atoms with van der Waals surface area (Å²) in [6.07, 6.45) is 7.70. The Bertz CT molecular complexity index is 337. The molecule has 1 fully saturated rings. The Morgan fingerprint density at radius 1 is 1.19 bits per heavy atom. The SMILES string of the molecule is CCC(C)N(CC(C)C(=O)OC)C(=O)CC1CCCCC1. The van der Waals surface area contributed by atoms with E-state index in [4.69, 9.17) is 4.74 Å². The van der Waals surface area contributed by atoms with E-state index in [1.165, 1.54) is 39.2 Å². The van der Waals surface area contributed by atoms with E-state index in [0.717, 1.165) is 6.42 Å². The molecule has 21 heavy (non-hydrogen) atoms. The highest BCUT2D eigenvalue weighted by Crippen LogP contribution is 2.27. The lowest BCUT2D eigenvalue weighted by atomic mass is 9.86. The van der Waals surface area contributed by atoms with Gasteiger partial charge < -0.3 is 9.64 Å². The molecule has 0 spiro atoms. The van der Waals surface area contributed by atoms with Crippen LogP contribution in [0.5, 0.6) is 0 Å². The minimum atomic E-state index is -0.265. The zero-order valence-electron chi connectivity index (χ0n) is 14.1. The van der Waals surface area contributed by atoms with Gasteiger partial charge in [0.2, 0.25) is 5.91 Å². The first-order valence-corrected chi connectivity index (χ1v) is 8.36. The molecule has 0 saturated heterocycles. The number of ether oxygens (including phenoxy) is 1. The summed E-state index contributed by atoms with van der Waals surface area (Å²) in [5.74, 6) is 0.228. The number of carbonyl (C=O) groups is 2. The van der Waals surface area contributed by atoms with E-state index in [1.807, 2.05) is 11.8 Å². The molecular weight excluding hydrogens is 266 g/mol. The topological polar surface area (TPSA) is 46.6 Å². The number of hydrogen-bond acceptors (Lipinski definition) is 3. The molecule has 4 heteroatoms. The molecule has 1 saturated carbocycles. The van der Waals surface area contributed by atoms with E-state index in [-0.39, 0.29) is 23.8 Å². The van der Waals surface area contributed by atoms with Crippen LogP contribution in [-0.2, 0) is 14.3 Å². The summed E-state index contributed by atoms with van der Waals surface area (Å²) in [7, 11) is 1.40. The second-order valence-corrected chi connectivity index (χ2v) is 6.44. The highest BCUT2D eigenvalue weighted by atomic mass is 16.5. The van der Waals surface area contributed by atoms with Crippen LogP contribution < -0.4 is 0 Å². The van der Waals surface area contributed by atoms with Crippen LogP contribution in [0.3, 0.4) is 0 Å². The third-order valence-corrected chi connectivity index (χ3v) is 4.71. The molecule has 0 aromatic heterocycles. The molecule has 1 amide bonds. The summed E-state index contributed by atoms with van der Waals surface area (Å²) in [5.41, 5.74) is 0. The molecule has 0 aromatic carbocycles. The van der Waals surface area contributed by atoms with E-state index in [0.29, 0.717) is 18.9 Å². The van der Waals surface area contributed by atoms with Gasteiger partial charge in [0.15, 0.2) is 0 Å². The smallest absolute Gasteiger partial charge is 0.310 e. The largest absolute Gasteiger partial charge is 0.469 e. The number of rotatable bonds is 7. The first kappa shape index (κ1) is 18.0. The van der Waals surface area contributed by atoms with Crippen molar-refractivity contribution in [1.82, 2.24) is 4.90 Å². The number of nitrogens with zero attached hydrogens (tertiary/aromatic N) is 1. The van der Waals surface area contributed by atoms with Gasteiger partial charge in [0, 0.05) is 19.0 Å². The van der Waals surface area contributed by atoms with Gasteiger partial charge in [-0.1, -0.05) is 33.1 Å². The average molecular weight is 297 g/mol. The van der Waals surface area contributed by atoms with E-state index in [1.54, 1.807) is 0 Å². The summed E-state index contributed by atoms with van der Waals surface area (Å²) in [6.45, 7) is 6.43. The van der Waals surface area contributed by atoms with Crippen LogP contribution in [0, 0.1) is 11.8 Å². The molecule has 0 bridgehead atoms. The van der Waals surface area contributed by atoms with Gasteiger partial charge in [-0.2, -0.15) is 0 Å². The molecule has 0 heterocycles. The van der Waals surface area contributed by atoms with Crippen LogP contribution >= 0.6 is 0 Å². The second kappa shape index (κ2) is 9.06. The molecule has 1 rings (SSSR count). The first-order chi connectivity index (χ1) is 9.99. The van der Waals surface area contributed by atoms with Gasteiger partial charge in [-0.05, 0) is 32.1 Å². The number of carbonyl (C=O) groups excluding carboxylic acids is 2. The molecule has 0 aromatic rings. The van der Waals surface area contributed by atoms with E-state index >= 15 is 0 Å². The van der Waals surface area contributed by atoms with Gasteiger partial charge in [0.25, 0.3) is 0 Å². The highest BCUT2D eigenvalue weighted by Gasteiger charge is 2.27. The molecule has 4 nitrogen and oxygen atoms in total. The highest BCUT2D eigenvalue weighted by molar-refractivity contribution is 5.78. The Labute approximate surface area is 129 Å². The monoisotopic (exact) mass is 297 g/mol. The molecule has 122 valence electrons. The standard InChI is InChI=1S/C17H31NO3/c1-5-14(3)18(12-13(2)17(20)21-4)16(19)11-15-9-7-6-8-10-15/h13-15H,5-12H2,1-4H3. The second-order valence-electron chi connectivity index (χ2n) is 6.44. The molecule has 2 atom stereocenters. The Hall–Kier alpha value is -1.06. The maximum atomic E-state index is 12.6. The fraction of sp³-hybridized carbons (Fsp3) is 0.882. The molecule has 1 aliphatic carbocycles. The summed E-state index contributed by atoms with van der Waals surface area (Å²) >= 11 is 0. The van der Waals surface area contributed by atoms with Crippen molar-refractivity contribution in [3.8, 4) is 0 Å². The van der Waals surface area contributed by atoms with Crippen molar-refractivity contribution in [3.05, 3.63) is 0 Å². The van der Waals surface area contributed by atoms with Crippen molar-refractivity contribution in [2.45, 2.75) is 71.8 Å². The van der Waals surface area contributed by atoms with Crippen molar-refractivity contribution in [3.63, 3.8) is 0 Å². The Morgan fingerprint density at radius 2 is 1.81 bits per heavy atom. The molecule has 0 aliphatic heterocycles. The van der Waals surface area contributed by atoms with Crippen LogP contribution in [-0.4, -0.2) is 36.5 Å². The molecule has 0 N–H and O–H groups in total. The lowest BCUT2D eigenvalue weighted by molar-refractivity contribution is -0.147. The number of hydrogen-bond donors (Lipinski definition) is 0. The lowest BCUT2D eigenvalue weighted by Crippen LogP contribution is -2.43. The summed E-state index contributed by atoms with van der Waals surface area (Å²) < 4.78 is 4.78. The third kappa shape index (κ3) is 5.68. The van der Waals surface area contributed by atoms with E-state index < -0.39 is 0 Å². The fourth-order valence-corrected chi connectivity index (χ4v) is 3.07. The van der Waals surface area contributed by atoms with Crippen LogP contribution in [0.1, 0.15) is 65.7 Å². The Balaban J connectivity index is 2.62. The summed E-state index contributed by atoms with van der Waals surface area (Å²) in [6, 6.07) is 0.174. The van der Waals surface area contributed by atoms with Crippen molar-refractivity contribution >= 4 is 11.9 Å². The van der Waals surface area contributed by atoms with Crippen LogP contribution in [0.15, 0.2) is 0 Å². The average Bonchev–Trinajstić information content (AvgIpc) is 2.51. The van der Waals surface area contributed by atoms with Gasteiger partial charge in [0.1, 0.15) is 0 Å². The maximum absolute atomic E-state index is 12.6. The first-order valence-electron chi connectivity index (χ1n) is 8.36. The van der Waals surface area contributed by atoms with Gasteiger partial charge in [0.05, 0.1) is 13.0 Å². The Kier molecular flexibility index (Phi) is 7.76. The van der Waals surface area contributed by atoms with Gasteiger partial charge >= 0.3 is 5.97 Å². The van der Waals surface area contributed by atoms with Gasteiger partial charge in [-0.25, -0.2) is 0 Å². The van der Waals surface area contributed by atoms with Crippen molar-refractivity contribution in [2.75, 3.05) is 13.7 Å². The molecule has 0 radical (unpaired) electrons. The molecule has 2 unspecified atom stereocenters. The summed E-state index contributed by atoms with van der Waals surface area (Å²) in [4.78, 5) is 26.1. The zero-order chi connectivity index (χ0) is 15.8. The van der Waals surface area contributed by atoms with Crippen LogP contribution in [0.4, 0.5) is 0 Å². The third-order valence-electron chi connectivity index (χ3n) is 4.71. The lowest BCUT2D eigenvalue weighted by Gasteiger charge is -2.32. The van der Waals surface area contributed by atoms with E-state index in [9.17, 15) is 9.59 Å². The Morgan fingerprint density at radius 3 is 2.33 bits per heavy atom. The maximum Gasteiger partial charge on any atom is 0.310 e. The van der Waals surface area contributed by atoms with Crippen molar-refractivity contribution in [1.29, 1.82) is 0 Å².